The van der Waals surface area contributed by atoms with Crippen molar-refractivity contribution in [3.05, 3.63) is 70.8 Å². The van der Waals surface area contributed by atoms with Gasteiger partial charge in [-0.05, 0) is 36.2 Å². The van der Waals surface area contributed by atoms with Gasteiger partial charge in [0.2, 0.25) is 0 Å². The quantitative estimate of drug-likeness (QED) is 0.552. The molecule has 19 heavy (non-hydrogen) atoms. The van der Waals surface area contributed by atoms with Crippen molar-refractivity contribution >= 4 is 15.9 Å². The highest BCUT2D eigenvalue weighted by molar-refractivity contribution is 9.09. The Morgan fingerprint density at radius 3 is 2.16 bits per heavy atom. The van der Waals surface area contributed by atoms with Gasteiger partial charge >= 0.3 is 0 Å². The molecule has 5 heteroatoms. The number of benzene rings is 2. The van der Waals surface area contributed by atoms with Gasteiger partial charge < -0.3 is 0 Å². The maximum absolute atomic E-state index is 13.5. The van der Waals surface area contributed by atoms with Gasteiger partial charge in [0.15, 0.2) is 0 Å². The average molecular weight is 333 g/mol. The third-order valence-electron chi connectivity index (χ3n) is 2.71. The third kappa shape index (κ3) is 3.35. The predicted molar refractivity (Wildman–Crippen MR) is 68.1 cm³/mol. The number of rotatable bonds is 3. The fourth-order valence-corrected chi connectivity index (χ4v) is 2.44. The summed E-state index contributed by atoms with van der Waals surface area (Å²) in [7, 11) is 0. The molecule has 0 radical (unpaired) electrons. The lowest BCUT2D eigenvalue weighted by molar-refractivity contribution is 0.565. The van der Waals surface area contributed by atoms with Crippen LogP contribution in [0.4, 0.5) is 17.6 Å². The Kier molecular flexibility index (Phi) is 4.24. The van der Waals surface area contributed by atoms with Crippen LogP contribution in [-0.4, -0.2) is 0 Å². The monoisotopic (exact) mass is 332 g/mol. The zero-order valence-corrected chi connectivity index (χ0v) is 11.2. The van der Waals surface area contributed by atoms with E-state index in [0.29, 0.717) is 0 Å². The summed E-state index contributed by atoms with van der Waals surface area (Å²) in [6.45, 7) is 0. The van der Waals surface area contributed by atoms with Crippen LogP contribution in [0.5, 0.6) is 0 Å². The van der Waals surface area contributed by atoms with Gasteiger partial charge in [0, 0.05) is 16.5 Å². The lowest BCUT2D eigenvalue weighted by Gasteiger charge is -2.12. The average Bonchev–Trinajstić information content (AvgIpc) is 2.35. The topological polar surface area (TPSA) is 0 Å². The molecule has 0 saturated heterocycles. The molecule has 0 bridgehead atoms. The molecule has 0 aliphatic carbocycles. The predicted octanol–water partition coefficient (Wildman–Crippen LogP) is 4.92. The largest absolute Gasteiger partial charge is 0.207 e. The smallest absolute Gasteiger partial charge is 0.129 e. The Hall–Kier alpha value is -1.36. The summed E-state index contributed by atoms with van der Waals surface area (Å²) in [6, 6.07) is 6.25. The van der Waals surface area contributed by atoms with Crippen molar-refractivity contribution in [1.82, 2.24) is 0 Å². The molecule has 1 atom stereocenters. The summed E-state index contributed by atoms with van der Waals surface area (Å²) in [5.41, 5.74) is 0.329. The zero-order chi connectivity index (χ0) is 14.0. The van der Waals surface area contributed by atoms with Crippen molar-refractivity contribution < 1.29 is 17.6 Å². The van der Waals surface area contributed by atoms with Crippen LogP contribution in [0.2, 0.25) is 0 Å². The van der Waals surface area contributed by atoms with Crippen LogP contribution in [0, 0.1) is 23.3 Å². The van der Waals surface area contributed by atoms with Gasteiger partial charge in [-0.3, -0.25) is 0 Å². The van der Waals surface area contributed by atoms with E-state index in [1.807, 2.05) is 0 Å². The molecule has 0 saturated carbocycles. The molecule has 2 aromatic carbocycles. The summed E-state index contributed by atoms with van der Waals surface area (Å²) in [4.78, 5) is -0.594. The molecular weight excluding hydrogens is 324 g/mol. The van der Waals surface area contributed by atoms with Crippen LogP contribution < -0.4 is 0 Å². The van der Waals surface area contributed by atoms with Crippen LogP contribution in [0.1, 0.15) is 16.0 Å². The molecule has 0 aliphatic heterocycles. The first-order chi connectivity index (χ1) is 8.97. The van der Waals surface area contributed by atoms with Crippen LogP contribution in [0.25, 0.3) is 0 Å². The van der Waals surface area contributed by atoms with Crippen molar-refractivity contribution in [1.29, 1.82) is 0 Å². The van der Waals surface area contributed by atoms with Crippen LogP contribution in [0.15, 0.2) is 36.4 Å². The SMILES string of the molecule is Fc1ccc(CC(Br)c2cc(F)ccc2F)c(F)c1. The van der Waals surface area contributed by atoms with E-state index in [-0.39, 0.29) is 17.5 Å². The Balaban J connectivity index is 2.25. The minimum atomic E-state index is -0.707. The molecule has 1 unspecified atom stereocenters. The Morgan fingerprint density at radius 1 is 0.842 bits per heavy atom. The van der Waals surface area contributed by atoms with Gasteiger partial charge in [-0.2, -0.15) is 0 Å². The lowest BCUT2D eigenvalue weighted by atomic mass is 10.0. The summed E-state index contributed by atoms with van der Waals surface area (Å²) >= 11 is 3.19. The molecule has 0 aromatic heterocycles. The van der Waals surface area contributed by atoms with Gasteiger partial charge in [0.25, 0.3) is 0 Å². The van der Waals surface area contributed by atoms with Crippen LogP contribution >= 0.6 is 15.9 Å². The summed E-state index contributed by atoms with van der Waals surface area (Å²) < 4.78 is 52.8. The van der Waals surface area contributed by atoms with E-state index in [0.717, 1.165) is 30.3 Å². The van der Waals surface area contributed by atoms with Gasteiger partial charge in [-0.15, -0.1) is 0 Å². The van der Waals surface area contributed by atoms with E-state index in [9.17, 15) is 17.6 Å². The first-order valence-corrected chi connectivity index (χ1v) is 6.42. The van der Waals surface area contributed by atoms with Gasteiger partial charge in [-0.25, -0.2) is 17.6 Å². The van der Waals surface area contributed by atoms with Crippen LogP contribution in [-0.2, 0) is 6.42 Å². The van der Waals surface area contributed by atoms with Crippen molar-refractivity contribution in [2.75, 3.05) is 0 Å². The molecule has 0 N–H and O–H groups in total. The maximum atomic E-state index is 13.5. The maximum Gasteiger partial charge on any atom is 0.129 e. The molecule has 0 heterocycles. The van der Waals surface area contributed by atoms with Crippen molar-refractivity contribution in [3.63, 3.8) is 0 Å². The minimum absolute atomic E-state index is 0.0898. The van der Waals surface area contributed by atoms with E-state index in [1.165, 1.54) is 6.07 Å². The molecule has 2 aromatic rings. The molecule has 0 amide bonds. The number of hydrogen-bond donors (Lipinski definition) is 0. The highest BCUT2D eigenvalue weighted by Crippen LogP contribution is 2.30. The molecule has 100 valence electrons. The number of hydrogen-bond acceptors (Lipinski definition) is 0. The van der Waals surface area contributed by atoms with E-state index < -0.39 is 28.1 Å². The first kappa shape index (κ1) is 14.1. The van der Waals surface area contributed by atoms with Crippen LogP contribution in [0.3, 0.4) is 0 Å². The first-order valence-electron chi connectivity index (χ1n) is 5.50. The normalized spacial score (nSPS) is 12.5. The minimum Gasteiger partial charge on any atom is -0.207 e. The van der Waals surface area contributed by atoms with Crippen molar-refractivity contribution in [2.24, 2.45) is 0 Å². The van der Waals surface area contributed by atoms with Crippen molar-refractivity contribution in [2.45, 2.75) is 11.2 Å². The molecule has 0 spiro atoms. The number of halogens is 5. The molecule has 0 aliphatic rings. The Bertz CT molecular complexity index is 598. The van der Waals surface area contributed by atoms with E-state index in [1.54, 1.807) is 0 Å². The summed E-state index contributed by atoms with van der Waals surface area (Å²) in [6.07, 6.45) is 0.0898. The van der Waals surface area contributed by atoms with Gasteiger partial charge in [-0.1, -0.05) is 22.0 Å². The van der Waals surface area contributed by atoms with Gasteiger partial charge in [0.1, 0.15) is 23.3 Å². The molecule has 0 fully saturated rings. The highest BCUT2D eigenvalue weighted by Gasteiger charge is 2.16. The van der Waals surface area contributed by atoms with Crippen molar-refractivity contribution in [3.8, 4) is 0 Å². The Morgan fingerprint density at radius 2 is 1.47 bits per heavy atom. The fourth-order valence-electron chi connectivity index (χ4n) is 1.74. The molecule has 0 nitrogen and oxygen atoms in total. The lowest BCUT2D eigenvalue weighted by Crippen LogP contribution is -2.01. The second-order valence-corrected chi connectivity index (χ2v) is 5.18. The van der Waals surface area contributed by atoms with E-state index in [2.05, 4.69) is 15.9 Å². The fraction of sp³-hybridized carbons (Fsp3) is 0.143. The third-order valence-corrected chi connectivity index (χ3v) is 3.53. The highest BCUT2D eigenvalue weighted by atomic mass is 79.9. The van der Waals surface area contributed by atoms with E-state index >= 15 is 0 Å². The summed E-state index contributed by atoms with van der Waals surface area (Å²) in [5.74, 6) is -2.53. The van der Waals surface area contributed by atoms with Gasteiger partial charge in [0.05, 0.1) is 0 Å². The Labute approximate surface area is 116 Å². The molecule has 2 rings (SSSR count). The summed E-state index contributed by atoms with van der Waals surface area (Å²) in [5, 5.41) is 0. The number of alkyl halides is 1. The second kappa shape index (κ2) is 5.74. The zero-order valence-electron chi connectivity index (χ0n) is 9.64. The molecular formula is C14H9BrF4. The standard InChI is InChI=1S/C14H9BrF4/c15-12(11-6-9(16)3-4-13(11)18)5-8-1-2-10(17)7-14(8)19/h1-4,6-7,12H,5H2. The van der Waals surface area contributed by atoms with E-state index in [4.69, 9.17) is 0 Å². The second-order valence-electron chi connectivity index (χ2n) is 4.07.